The molecule has 0 unspecified atom stereocenters. The summed E-state index contributed by atoms with van der Waals surface area (Å²) >= 11 is 5.36. The Labute approximate surface area is 141 Å². The van der Waals surface area contributed by atoms with Gasteiger partial charge in [-0.1, -0.05) is 43.3 Å². The molecule has 0 saturated carbocycles. The second kappa shape index (κ2) is 6.34. The molecule has 0 bridgehead atoms. The first kappa shape index (κ1) is 15.4. The fourth-order valence-electron chi connectivity index (χ4n) is 2.59. The van der Waals surface area contributed by atoms with Crippen LogP contribution in [0, 0.1) is 6.92 Å². The Balaban J connectivity index is 1.95. The van der Waals surface area contributed by atoms with Gasteiger partial charge in [0, 0.05) is 0 Å². The van der Waals surface area contributed by atoms with Gasteiger partial charge < -0.3 is 5.32 Å². The van der Waals surface area contributed by atoms with E-state index in [0.717, 1.165) is 23.2 Å². The molecule has 1 fully saturated rings. The van der Waals surface area contributed by atoms with Crippen LogP contribution in [0.2, 0.25) is 0 Å². The van der Waals surface area contributed by atoms with E-state index < -0.39 is 0 Å². The highest BCUT2D eigenvalue weighted by molar-refractivity contribution is 7.80. The fourth-order valence-corrected chi connectivity index (χ4v) is 2.89. The van der Waals surface area contributed by atoms with Gasteiger partial charge in [0.25, 0.3) is 5.91 Å². The van der Waals surface area contributed by atoms with E-state index in [2.05, 4.69) is 12.2 Å². The van der Waals surface area contributed by atoms with Crippen molar-refractivity contribution in [2.45, 2.75) is 20.3 Å². The molecule has 0 aliphatic carbocycles. The van der Waals surface area contributed by atoms with Gasteiger partial charge in [0.2, 0.25) is 0 Å². The van der Waals surface area contributed by atoms with Crippen molar-refractivity contribution in [2.75, 3.05) is 4.90 Å². The average molecular weight is 322 g/mol. The van der Waals surface area contributed by atoms with E-state index in [1.54, 1.807) is 4.90 Å². The van der Waals surface area contributed by atoms with E-state index >= 15 is 0 Å². The Bertz CT molecular complexity index is 811. The number of hydrogen-bond donors (Lipinski definition) is 1. The van der Waals surface area contributed by atoms with E-state index in [-0.39, 0.29) is 5.91 Å². The summed E-state index contributed by atoms with van der Waals surface area (Å²) in [5.41, 5.74) is 4.61. The predicted octanol–water partition coefficient (Wildman–Crippen LogP) is 3.82. The molecule has 2 aromatic rings. The van der Waals surface area contributed by atoms with E-state index in [0.29, 0.717) is 10.8 Å². The zero-order valence-electron chi connectivity index (χ0n) is 13.2. The highest BCUT2D eigenvalue weighted by atomic mass is 32.1. The van der Waals surface area contributed by atoms with Gasteiger partial charge in [-0.2, -0.15) is 0 Å². The summed E-state index contributed by atoms with van der Waals surface area (Å²) in [5.74, 6) is -0.119. The standard InChI is InChI=1S/C19H18N2OS/c1-3-14-8-6-10-16(11-14)21-18(22)17(20-19(21)23)12-15-9-5-4-7-13(15)2/h4-12H,3H2,1-2H3,(H,20,23)/b17-12+. The van der Waals surface area contributed by atoms with Crippen molar-refractivity contribution in [2.24, 2.45) is 0 Å². The lowest BCUT2D eigenvalue weighted by Crippen LogP contribution is -2.30. The van der Waals surface area contributed by atoms with Gasteiger partial charge in [-0.3, -0.25) is 9.69 Å². The number of nitrogens with zero attached hydrogens (tertiary/aromatic N) is 1. The van der Waals surface area contributed by atoms with E-state index in [1.807, 2.05) is 61.5 Å². The smallest absolute Gasteiger partial charge is 0.281 e. The zero-order chi connectivity index (χ0) is 16.4. The van der Waals surface area contributed by atoms with Crippen molar-refractivity contribution in [1.29, 1.82) is 0 Å². The molecule has 0 spiro atoms. The molecule has 1 aliphatic heterocycles. The van der Waals surface area contributed by atoms with Gasteiger partial charge in [0.1, 0.15) is 5.70 Å². The summed E-state index contributed by atoms with van der Waals surface area (Å²) in [4.78, 5) is 14.3. The first-order valence-corrected chi connectivity index (χ1v) is 8.02. The molecule has 1 amide bonds. The van der Waals surface area contributed by atoms with Gasteiger partial charge in [-0.25, -0.2) is 0 Å². The number of thiocarbonyl (C=S) groups is 1. The molecular formula is C19H18N2OS. The first-order chi connectivity index (χ1) is 11.1. The maximum absolute atomic E-state index is 12.7. The van der Waals surface area contributed by atoms with Crippen LogP contribution >= 0.6 is 12.2 Å². The van der Waals surface area contributed by atoms with Crippen molar-refractivity contribution in [3.63, 3.8) is 0 Å². The van der Waals surface area contributed by atoms with Crippen molar-refractivity contribution < 1.29 is 4.79 Å². The molecule has 116 valence electrons. The number of benzene rings is 2. The van der Waals surface area contributed by atoms with Gasteiger partial charge in [0.15, 0.2) is 5.11 Å². The fraction of sp³-hybridized carbons (Fsp3) is 0.158. The number of rotatable bonds is 3. The Kier molecular flexibility index (Phi) is 4.26. The van der Waals surface area contributed by atoms with Gasteiger partial charge in [0.05, 0.1) is 5.69 Å². The van der Waals surface area contributed by atoms with Crippen LogP contribution in [0.1, 0.15) is 23.6 Å². The third-order valence-electron chi connectivity index (χ3n) is 3.94. The second-order valence-corrected chi connectivity index (χ2v) is 5.90. The van der Waals surface area contributed by atoms with Crippen molar-refractivity contribution >= 4 is 35.0 Å². The molecular weight excluding hydrogens is 304 g/mol. The minimum atomic E-state index is -0.119. The molecule has 2 aromatic carbocycles. The highest BCUT2D eigenvalue weighted by Gasteiger charge is 2.32. The quantitative estimate of drug-likeness (QED) is 0.689. The maximum atomic E-state index is 12.7. The number of carbonyl (C=O) groups excluding carboxylic acids is 1. The van der Waals surface area contributed by atoms with Gasteiger partial charge in [-0.15, -0.1) is 0 Å². The Morgan fingerprint density at radius 2 is 1.96 bits per heavy atom. The van der Waals surface area contributed by atoms with E-state index in [9.17, 15) is 4.79 Å². The number of anilines is 1. The summed E-state index contributed by atoms with van der Waals surface area (Å²) in [6, 6.07) is 15.9. The second-order valence-electron chi connectivity index (χ2n) is 5.51. The lowest BCUT2D eigenvalue weighted by Gasteiger charge is -2.14. The molecule has 1 saturated heterocycles. The number of carbonyl (C=O) groups is 1. The normalized spacial score (nSPS) is 16.1. The number of nitrogens with one attached hydrogen (secondary N) is 1. The van der Waals surface area contributed by atoms with Crippen molar-refractivity contribution in [3.05, 3.63) is 70.9 Å². The third-order valence-corrected chi connectivity index (χ3v) is 4.23. The van der Waals surface area contributed by atoms with Crippen LogP contribution < -0.4 is 10.2 Å². The Hall–Kier alpha value is -2.46. The Morgan fingerprint density at radius 3 is 2.70 bits per heavy atom. The van der Waals surface area contributed by atoms with Crippen molar-refractivity contribution in [3.8, 4) is 0 Å². The predicted molar refractivity (Wildman–Crippen MR) is 98.2 cm³/mol. The van der Waals surface area contributed by atoms with Gasteiger partial charge in [-0.05, 0) is 60.5 Å². The van der Waals surface area contributed by atoms with Crippen LogP contribution in [0.4, 0.5) is 5.69 Å². The summed E-state index contributed by atoms with van der Waals surface area (Å²) in [7, 11) is 0. The van der Waals surface area contributed by atoms with Crippen LogP contribution in [0.25, 0.3) is 6.08 Å². The van der Waals surface area contributed by atoms with Crippen LogP contribution in [-0.4, -0.2) is 11.0 Å². The zero-order valence-corrected chi connectivity index (χ0v) is 14.0. The monoisotopic (exact) mass is 322 g/mol. The van der Waals surface area contributed by atoms with Crippen LogP contribution in [0.15, 0.2) is 54.2 Å². The lowest BCUT2D eigenvalue weighted by molar-refractivity contribution is -0.113. The molecule has 4 heteroatoms. The first-order valence-electron chi connectivity index (χ1n) is 7.62. The third kappa shape index (κ3) is 3.03. The largest absolute Gasteiger partial charge is 0.327 e. The minimum Gasteiger partial charge on any atom is -0.327 e. The molecule has 1 N–H and O–H groups in total. The summed E-state index contributed by atoms with van der Waals surface area (Å²) in [6.45, 7) is 4.11. The van der Waals surface area contributed by atoms with Crippen LogP contribution in [0.5, 0.6) is 0 Å². The molecule has 0 radical (unpaired) electrons. The maximum Gasteiger partial charge on any atom is 0.281 e. The van der Waals surface area contributed by atoms with E-state index in [1.165, 1.54) is 5.56 Å². The molecule has 0 atom stereocenters. The van der Waals surface area contributed by atoms with Crippen LogP contribution in [-0.2, 0) is 11.2 Å². The summed E-state index contributed by atoms with van der Waals surface area (Å²) in [5, 5.41) is 3.45. The SMILES string of the molecule is CCc1cccc(N2C(=O)/C(=C\c3ccccc3C)NC2=S)c1. The molecule has 0 aromatic heterocycles. The summed E-state index contributed by atoms with van der Waals surface area (Å²) in [6.07, 6.45) is 2.77. The van der Waals surface area contributed by atoms with Crippen LogP contribution in [0.3, 0.4) is 0 Å². The van der Waals surface area contributed by atoms with Crippen molar-refractivity contribution in [1.82, 2.24) is 5.32 Å². The molecule has 3 rings (SSSR count). The average Bonchev–Trinajstić information content (AvgIpc) is 2.83. The van der Waals surface area contributed by atoms with Gasteiger partial charge >= 0.3 is 0 Å². The molecule has 23 heavy (non-hydrogen) atoms. The Morgan fingerprint density at radius 1 is 1.17 bits per heavy atom. The van der Waals surface area contributed by atoms with E-state index in [4.69, 9.17) is 12.2 Å². The molecule has 1 aliphatic rings. The summed E-state index contributed by atoms with van der Waals surface area (Å²) < 4.78 is 0. The lowest BCUT2D eigenvalue weighted by atomic mass is 10.1. The number of aryl methyl sites for hydroxylation is 2. The number of hydrogen-bond acceptors (Lipinski definition) is 2. The highest BCUT2D eigenvalue weighted by Crippen LogP contribution is 2.24. The number of amides is 1. The minimum absolute atomic E-state index is 0.119. The topological polar surface area (TPSA) is 32.3 Å². The molecule has 3 nitrogen and oxygen atoms in total. The molecule has 1 heterocycles.